The molecule has 1 atom stereocenters. The van der Waals surface area contributed by atoms with Gasteiger partial charge < -0.3 is 20.9 Å². The molecule has 0 aliphatic carbocycles. The third-order valence-electron chi connectivity index (χ3n) is 5.37. The molecular weight excluding hydrogens is 410 g/mol. The second kappa shape index (κ2) is 8.84. The van der Waals surface area contributed by atoms with E-state index in [1.165, 1.54) is 19.4 Å². The van der Waals surface area contributed by atoms with Gasteiger partial charge in [-0.1, -0.05) is 0 Å². The van der Waals surface area contributed by atoms with E-state index in [9.17, 15) is 9.59 Å². The van der Waals surface area contributed by atoms with Crippen molar-refractivity contribution >= 4 is 35.2 Å². The summed E-state index contributed by atoms with van der Waals surface area (Å²) in [6.07, 6.45) is 5.62. The fourth-order valence-electron chi connectivity index (χ4n) is 3.81. The number of fused-ring (bicyclic) bond motifs is 1. The van der Waals surface area contributed by atoms with Crippen LogP contribution in [0.3, 0.4) is 0 Å². The molecule has 162 valence electrons. The number of piperidine rings is 1. The van der Waals surface area contributed by atoms with E-state index in [0.717, 1.165) is 24.0 Å². The first-order valence-corrected chi connectivity index (χ1v) is 9.68. The quantitative estimate of drug-likeness (QED) is 0.556. The molecule has 3 aromatic rings. The Morgan fingerprint density at radius 2 is 2.00 bits per heavy atom. The summed E-state index contributed by atoms with van der Waals surface area (Å²) in [5, 5.41) is 0. The van der Waals surface area contributed by atoms with Gasteiger partial charge in [-0.25, -0.2) is 19.7 Å². The minimum atomic E-state index is -0.325. The van der Waals surface area contributed by atoms with Crippen LogP contribution in [0.15, 0.2) is 28.3 Å². The molecule has 0 unspecified atom stereocenters. The largest absolute Gasteiger partial charge is 0.382 e. The number of aromatic nitrogens is 6. The van der Waals surface area contributed by atoms with Crippen molar-refractivity contribution in [2.24, 2.45) is 12.8 Å². The Morgan fingerprint density at radius 3 is 2.77 bits per heavy atom. The van der Waals surface area contributed by atoms with Crippen molar-refractivity contribution in [2.45, 2.75) is 38.4 Å². The van der Waals surface area contributed by atoms with E-state index in [1.807, 2.05) is 9.47 Å². The van der Waals surface area contributed by atoms with Crippen LogP contribution in [0.2, 0.25) is 0 Å². The maximum atomic E-state index is 12.8. The number of rotatable bonds is 5. The first-order chi connectivity index (χ1) is 14.0. The minimum Gasteiger partial charge on any atom is -0.382 e. The summed E-state index contributed by atoms with van der Waals surface area (Å²) in [5.74, 6) is 0.974. The first kappa shape index (κ1) is 21.8. The van der Waals surface area contributed by atoms with Crippen LogP contribution in [0, 0.1) is 0 Å². The van der Waals surface area contributed by atoms with Crippen LogP contribution in [0.4, 0.5) is 11.6 Å². The van der Waals surface area contributed by atoms with Crippen LogP contribution in [0.25, 0.3) is 11.2 Å². The van der Waals surface area contributed by atoms with Gasteiger partial charge in [0.1, 0.15) is 17.7 Å². The molecule has 0 amide bonds. The summed E-state index contributed by atoms with van der Waals surface area (Å²) in [7, 11) is 1.50. The number of halogens is 1. The summed E-state index contributed by atoms with van der Waals surface area (Å²) in [6.45, 7) is 2.47. The average molecular weight is 436 g/mol. The molecule has 4 rings (SSSR count). The van der Waals surface area contributed by atoms with Gasteiger partial charge >= 0.3 is 5.69 Å². The molecule has 1 aliphatic rings. The third-order valence-corrected chi connectivity index (χ3v) is 5.37. The summed E-state index contributed by atoms with van der Waals surface area (Å²) in [4.78, 5) is 39.5. The standard InChI is InChI=1S/C18H25N9O2.ClH/c1-24-14(28)8-13(25-5-2-4-12(19)9-25)27(18(24)29)7-3-6-26-11-23-15-16(20)21-10-22-17(15)26;/h8,10-12H,2-7,9,19H2,1H3,(H2,20,21,22);1H/t12-;/m0./s1. The van der Waals surface area contributed by atoms with Crippen LogP contribution in [-0.2, 0) is 20.1 Å². The van der Waals surface area contributed by atoms with Crippen molar-refractivity contribution < 1.29 is 0 Å². The van der Waals surface area contributed by atoms with E-state index in [1.54, 1.807) is 10.9 Å². The molecule has 11 nitrogen and oxygen atoms in total. The molecule has 4 heterocycles. The van der Waals surface area contributed by atoms with Gasteiger partial charge in [0.15, 0.2) is 11.5 Å². The second-order valence-electron chi connectivity index (χ2n) is 7.40. The zero-order valence-corrected chi connectivity index (χ0v) is 17.6. The number of hydrogen-bond acceptors (Lipinski definition) is 8. The molecule has 1 saturated heterocycles. The predicted molar refractivity (Wildman–Crippen MR) is 117 cm³/mol. The Hall–Kier alpha value is -2.92. The highest BCUT2D eigenvalue weighted by atomic mass is 35.5. The second-order valence-corrected chi connectivity index (χ2v) is 7.40. The summed E-state index contributed by atoms with van der Waals surface area (Å²) in [6, 6.07) is 1.57. The van der Waals surface area contributed by atoms with Gasteiger partial charge in [0, 0.05) is 45.3 Å². The number of aryl methyl sites for hydroxylation is 1. The zero-order chi connectivity index (χ0) is 20.5. The number of hydrogen-bond donors (Lipinski definition) is 2. The molecular formula is C18H26ClN9O2. The maximum absolute atomic E-state index is 12.8. The fourth-order valence-corrected chi connectivity index (χ4v) is 3.81. The first-order valence-electron chi connectivity index (χ1n) is 9.68. The van der Waals surface area contributed by atoms with Gasteiger partial charge in [-0.15, -0.1) is 12.4 Å². The zero-order valence-electron chi connectivity index (χ0n) is 16.8. The third kappa shape index (κ3) is 4.03. The average Bonchev–Trinajstić information content (AvgIpc) is 3.12. The van der Waals surface area contributed by atoms with Crippen molar-refractivity contribution in [1.29, 1.82) is 0 Å². The van der Waals surface area contributed by atoms with Crippen molar-refractivity contribution in [3.05, 3.63) is 39.6 Å². The van der Waals surface area contributed by atoms with Crippen LogP contribution >= 0.6 is 12.4 Å². The minimum absolute atomic E-state index is 0. The van der Waals surface area contributed by atoms with E-state index in [-0.39, 0.29) is 29.7 Å². The highest BCUT2D eigenvalue weighted by Crippen LogP contribution is 2.18. The fraction of sp³-hybridized carbons (Fsp3) is 0.500. The summed E-state index contributed by atoms with van der Waals surface area (Å²) >= 11 is 0. The number of nitrogen functional groups attached to an aromatic ring is 1. The van der Waals surface area contributed by atoms with Gasteiger partial charge in [-0.3, -0.25) is 13.9 Å². The lowest BCUT2D eigenvalue weighted by atomic mass is 10.1. The van der Waals surface area contributed by atoms with Gasteiger partial charge in [0.25, 0.3) is 5.56 Å². The Kier molecular flexibility index (Phi) is 6.42. The predicted octanol–water partition coefficient (Wildman–Crippen LogP) is -0.291. The van der Waals surface area contributed by atoms with E-state index < -0.39 is 0 Å². The van der Waals surface area contributed by atoms with Crippen LogP contribution in [0.1, 0.15) is 19.3 Å². The monoisotopic (exact) mass is 435 g/mol. The van der Waals surface area contributed by atoms with Crippen LogP contribution < -0.4 is 27.6 Å². The Morgan fingerprint density at radius 1 is 1.20 bits per heavy atom. The molecule has 0 saturated carbocycles. The number of anilines is 2. The molecule has 1 fully saturated rings. The van der Waals surface area contributed by atoms with E-state index in [4.69, 9.17) is 11.5 Å². The van der Waals surface area contributed by atoms with Crippen LogP contribution in [0.5, 0.6) is 0 Å². The van der Waals surface area contributed by atoms with Gasteiger partial charge in [0.2, 0.25) is 0 Å². The molecule has 0 bridgehead atoms. The van der Waals surface area contributed by atoms with Crippen LogP contribution in [-0.4, -0.2) is 47.8 Å². The highest BCUT2D eigenvalue weighted by molar-refractivity contribution is 5.85. The van der Waals surface area contributed by atoms with E-state index in [0.29, 0.717) is 48.9 Å². The Bertz CT molecular complexity index is 1150. The van der Waals surface area contributed by atoms with Gasteiger partial charge in [-0.2, -0.15) is 0 Å². The Labute approximate surface area is 178 Å². The smallest absolute Gasteiger partial charge is 0.332 e. The maximum Gasteiger partial charge on any atom is 0.332 e. The lowest BCUT2D eigenvalue weighted by Crippen LogP contribution is -2.47. The van der Waals surface area contributed by atoms with Gasteiger partial charge in [0.05, 0.1) is 6.33 Å². The lowest BCUT2D eigenvalue weighted by molar-refractivity contribution is 0.477. The van der Waals surface area contributed by atoms with E-state index >= 15 is 0 Å². The number of imidazole rings is 1. The van der Waals surface area contributed by atoms with Crippen molar-refractivity contribution in [3.8, 4) is 0 Å². The summed E-state index contributed by atoms with van der Waals surface area (Å²) < 4.78 is 4.67. The number of nitrogens with two attached hydrogens (primary N) is 2. The topological polar surface area (TPSA) is 143 Å². The molecule has 0 spiro atoms. The van der Waals surface area contributed by atoms with Crippen molar-refractivity contribution in [1.82, 2.24) is 28.7 Å². The lowest BCUT2D eigenvalue weighted by Gasteiger charge is -2.34. The van der Waals surface area contributed by atoms with Gasteiger partial charge in [-0.05, 0) is 19.3 Å². The van der Waals surface area contributed by atoms with Crippen molar-refractivity contribution in [3.63, 3.8) is 0 Å². The molecule has 30 heavy (non-hydrogen) atoms. The molecule has 1 aliphatic heterocycles. The molecule has 0 aromatic carbocycles. The molecule has 12 heteroatoms. The molecule has 0 radical (unpaired) electrons. The molecule has 4 N–H and O–H groups in total. The normalized spacial score (nSPS) is 16.6. The SMILES string of the molecule is Cl.Cn1c(=O)cc(N2CCC[C@H](N)C2)n(CCCn2cnc3c(N)ncnc32)c1=O. The number of nitrogens with zero attached hydrogens (tertiary/aromatic N) is 7. The van der Waals surface area contributed by atoms with Crippen molar-refractivity contribution in [2.75, 3.05) is 23.7 Å². The molecule has 3 aromatic heterocycles. The summed E-state index contributed by atoms with van der Waals surface area (Å²) in [5.41, 5.74) is 12.5. The Balaban J connectivity index is 0.00000256. The van der Waals surface area contributed by atoms with E-state index in [2.05, 4.69) is 15.0 Å². The highest BCUT2D eigenvalue weighted by Gasteiger charge is 2.21.